The number of nitrogens with one attached hydrogen (secondary N) is 1. The minimum atomic E-state index is 0.208. The first kappa shape index (κ1) is 13.5. The molecule has 2 aromatic carbocycles. The normalized spacial score (nSPS) is 19.0. The Hall–Kier alpha value is -1.51. The molecule has 1 aliphatic rings. The van der Waals surface area contributed by atoms with Crippen molar-refractivity contribution < 1.29 is 4.74 Å². The van der Waals surface area contributed by atoms with Gasteiger partial charge in [0.1, 0.15) is 5.75 Å². The van der Waals surface area contributed by atoms with Crippen LogP contribution in [0.15, 0.2) is 48.5 Å². The van der Waals surface area contributed by atoms with Gasteiger partial charge in [-0.2, -0.15) is 0 Å². The second kappa shape index (κ2) is 5.86. The molecule has 104 valence electrons. The third kappa shape index (κ3) is 2.67. The lowest BCUT2D eigenvalue weighted by Crippen LogP contribution is -2.29. The summed E-state index contributed by atoms with van der Waals surface area (Å²) in [6.45, 7) is 2.91. The molecule has 0 radical (unpaired) electrons. The van der Waals surface area contributed by atoms with Gasteiger partial charge in [-0.25, -0.2) is 0 Å². The lowest BCUT2D eigenvalue weighted by atomic mass is 9.98. The third-order valence-corrected chi connectivity index (χ3v) is 4.13. The largest absolute Gasteiger partial charge is 0.493 e. The van der Waals surface area contributed by atoms with Crippen LogP contribution in [-0.2, 0) is 0 Å². The van der Waals surface area contributed by atoms with E-state index in [-0.39, 0.29) is 6.04 Å². The maximum Gasteiger partial charge on any atom is 0.124 e. The van der Waals surface area contributed by atoms with E-state index in [0.717, 1.165) is 29.4 Å². The number of rotatable bonds is 3. The molecule has 2 atom stereocenters. The Balaban J connectivity index is 1.81. The monoisotopic (exact) mass is 287 g/mol. The van der Waals surface area contributed by atoms with Gasteiger partial charge in [0, 0.05) is 29.1 Å². The van der Waals surface area contributed by atoms with Crippen LogP contribution in [0.3, 0.4) is 0 Å². The van der Waals surface area contributed by atoms with Gasteiger partial charge in [0.2, 0.25) is 0 Å². The van der Waals surface area contributed by atoms with E-state index in [1.807, 2.05) is 30.3 Å². The van der Waals surface area contributed by atoms with Gasteiger partial charge >= 0.3 is 0 Å². The fourth-order valence-corrected chi connectivity index (χ4v) is 3.03. The van der Waals surface area contributed by atoms with Crippen LogP contribution in [0.5, 0.6) is 5.75 Å². The Morgan fingerprint density at radius 2 is 1.90 bits per heavy atom. The van der Waals surface area contributed by atoms with Crippen molar-refractivity contribution in [2.75, 3.05) is 6.61 Å². The van der Waals surface area contributed by atoms with Gasteiger partial charge in [-0.05, 0) is 24.6 Å². The van der Waals surface area contributed by atoms with Crippen LogP contribution in [0.2, 0.25) is 5.02 Å². The van der Waals surface area contributed by atoms with Gasteiger partial charge in [0.15, 0.2) is 0 Å². The molecule has 3 rings (SSSR count). The molecule has 0 saturated carbocycles. The van der Waals surface area contributed by atoms with Gasteiger partial charge in [-0.1, -0.05) is 48.0 Å². The molecule has 0 saturated heterocycles. The van der Waals surface area contributed by atoms with Crippen LogP contribution in [0.1, 0.15) is 36.6 Å². The predicted octanol–water partition coefficient (Wildman–Crippen LogP) is 4.51. The van der Waals surface area contributed by atoms with Crippen molar-refractivity contribution in [2.45, 2.75) is 25.4 Å². The van der Waals surface area contributed by atoms with Gasteiger partial charge in [-0.3, -0.25) is 0 Å². The highest BCUT2D eigenvalue weighted by Crippen LogP contribution is 2.34. The highest BCUT2D eigenvalue weighted by atomic mass is 35.5. The zero-order valence-electron chi connectivity index (χ0n) is 11.5. The Morgan fingerprint density at radius 1 is 1.15 bits per heavy atom. The van der Waals surface area contributed by atoms with Gasteiger partial charge in [0.05, 0.1) is 6.61 Å². The number of benzene rings is 2. The fourth-order valence-electron chi connectivity index (χ4n) is 2.73. The number of halogens is 1. The van der Waals surface area contributed by atoms with Gasteiger partial charge in [0.25, 0.3) is 0 Å². The smallest absolute Gasteiger partial charge is 0.124 e. The SMILES string of the molecule is C[C@@H](NC1CCOc2ccccc21)c1ccccc1Cl. The second-order valence-electron chi connectivity index (χ2n) is 5.14. The van der Waals surface area contributed by atoms with E-state index in [9.17, 15) is 0 Å². The van der Waals surface area contributed by atoms with Gasteiger partial charge < -0.3 is 10.1 Å². The molecule has 1 unspecified atom stereocenters. The summed E-state index contributed by atoms with van der Waals surface area (Å²) in [6, 6.07) is 16.7. The van der Waals surface area contributed by atoms with Crippen LogP contribution in [0, 0.1) is 0 Å². The van der Waals surface area contributed by atoms with Crippen LogP contribution < -0.4 is 10.1 Å². The lowest BCUT2D eigenvalue weighted by molar-refractivity contribution is 0.246. The summed E-state index contributed by atoms with van der Waals surface area (Å²) in [5, 5.41) is 4.48. The number of ether oxygens (including phenoxy) is 1. The molecule has 0 fully saturated rings. The predicted molar refractivity (Wildman–Crippen MR) is 82.3 cm³/mol. The molecule has 2 nitrogen and oxygen atoms in total. The summed E-state index contributed by atoms with van der Waals surface area (Å²) in [7, 11) is 0. The average Bonchev–Trinajstić information content (AvgIpc) is 2.48. The molecule has 1 N–H and O–H groups in total. The molecule has 0 aromatic heterocycles. The van der Waals surface area contributed by atoms with E-state index in [4.69, 9.17) is 16.3 Å². The van der Waals surface area contributed by atoms with Crippen LogP contribution >= 0.6 is 11.6 Å². The molecular formula is C17H18ClNO. The molecule has 1 aliphatic heterocycles. The van der Waals surface area contributed by atoms with Crippen molar-refractivity contribution in [2.24, 2.45) is 0 Å². The Labute approximate surface area is 124 Å². The molecule has 0 amide bonds. The maximum atomic E-state index is 6.27. The number of fused-ring (bicyclic) bond motifs is 1. The Kier molecular flexibility index (Phi) is 3.95. The molecule has 0 aliphatic carbocycles. The molecule has 0 spiro atoms. The summed E-state index contributed by atoms with van der Waals surface area (Å²) in [4.78, 5) is 0. The zero-order chi connectivity index (χ0) is 13.9. The first-order chi connectivity index (χ1) is 9.75. The third-order valence-electron chi connectivity index (χ3n) is 3.78. The highest BCUT2D eigenvalue weighted by molar-refractivity contribution is 6.31. The Bertz CT molecular complexity index is 599. The van der Waals surface area contributed by atoms with E-state index in [1.165, 1.54) is 5.56 Å². The molecule has 20 heavy (non-hydrogen) atoms. The molecular weight excluding hydrogens is 270 g/mol. The zero-order valence-corrected chi connectivity index (χ0v) is 12.2. The first-order valence-electron chi connectivity index (χ1n) is 6.98. The van der Waals surface area contributed by atoms with Crippen molar-refractivity contribution in [3.63, 3.8) is 0 Å². The summed E-state index contributed by atoms with van der Waals surface area (Å²) in [5.41, 5.74) is 2.37. The number of para-hydroxylation sites is 1. The van der Waals surface area contributed by atoms with E-state index < -0.39 is 0 Å². The summed E-state index contributed by atoms with van der Waals surface area (Å²) >= 11 is 6.27. The van der Waals surface area contributed by atoms with Crippen LogP contribution in [-0.4, -0.2) is 6.61 Å². The topological polar surface area (TPSA) is 21.3 Å². The standard InChI is InChI=1S/C17H18ClNO/c1-12(13-6-2-4-8-15(13)18)19-16-10-11-20-17-9-5-3-7-14(16)17/h2-9,12,16,19H,10-11H2,1H3/t12-,16?/m1/s1. The van der Waals surface area contributed by atoms with Crippen LogP contribution in [0.25, 0.3) is 0 Å². The lowest BCUT2D eigenvalue weighted by Gasteiger charge is -2.29. The quantitative estimate of drug-likeness (QED) is 0.896. The Morgan fingerprint density at radius 3 is 2.75 bits per heavy atom. The van der Waals surface area contributed by atoms with Crippen LogP contribution in [0.4, 0.5) is 0 Å². The van der Waals surface area contributed by atoms with E-state index in [2.05, 4.69) is 30.4 Å². The van der Waals surface area contributed by atoms with Crippen molar-refractivity contribution in [1.82, 2.24) is 5.32 Å². The van der Waals surface area contributed by atoms with Crippen molar-refractivity contribution in [3.05, 3.63) is 64.7 Å². The molecule has 0 bridgehead atoms. The average molecular weight is 288 g/mol. The summed E-state index contributed by atoms with van der Waals surface area (Å²) < 4.78 is 5.70. The van der Waals surface area contributed by atoms with Crippen molar-refractivity contribution in [3.8, 4) is 5.75 Å². The first-order valence-corrected chi connectivity index (χ1v) is 7.35. The minimum Gasteiger partial charge on any atom is -0.493 e. The van der Waals surface area contributed by atoms with Gasteiger partial charge in [-0.15, -0.1) is 0 Å². The summed E-state index contributed by atoms with van der Waals surface area (Å²) in [6.07, 6.45) is 0.978. The van der Waals surface area contributed by atoms with E-state index in [1.54, 1.807) is 0 Å². The van der Waals surface area contributed by atoms with Crippen molar-refractivity contribution >= 4 is 11.6 Å². The minimum absolute atomic E-state index is 0.208. The maximum absolute atomic E-state index is 6.27. The highest BCUT2D eigenvalue weighted by Gasteiger charge is 2.23. The second-order valence-corrected chi connectivity index (χ2v) is 5.54. The molecule has 3 heteroatoms. The molecule has 2 aromatic rings. The van der Waals surface area contributed by atoms with E-state index >= 15 is 0 Å². The van der Waals surface area contributed by atoms with Crippen molar-refractivity contribution in [1.29, 1.82) is 0 Å². The fraction of sp³-hybridized carbons (Fsp3) is 0.294. The number of hydrogen-bond donors (Lipinski definition) is 1. The van der Waals surface area contributed by atoms with E-state index in [0.29, 0.717) is 6.04 Å². The molecule has 1 heterocycles. The summed E-state index contributed by atoms with van der Waals surface area (Å²) in [5.74, 6) is 0.989. The number of hydrogen-bond acceptors (Lipinski definition) is 2.